The first kappa shape index (κ1) is 9.01. The van der Waals surface area contributed by atoms with Crippen LogP contribution in [0, 0.1) is 10.8 Å². The van der Waals surface area contributed by atoms with Crippen LogP contribution in [-0.4, -0.2) is 17.5 Å². The van der Waals surface area contributed by atoms with Gasteiger partial charge in [-0.15, -0.1) is 0 Å². The van der Waals surface area contributed by atoms with Crippen LogP contribution in [0.3, 0.4) is 0 Å². The average molecular weight is 158 g/mol. The fraction of sp³-hybridized carbons (Fsp3) is 1.00. The SMILES string of the molecule is CC(C)(C)C(C)(C)C1OC1O. The van der Waals surface area contributed by atoms with Crippen molar-refractivity contribution in [1.29, 1.82) is 0 Å². The monoisotopic (exact) mass is 158 g/mol. The fourth-order valence-electron chi connectivity index (χ4n) is 1.06. The summed E-state index contributed by atoms with van der Waals surface area (Å²) >= 11 is 0. The summed E-state index contributed by atoms with van der Waals surface area (Å²) < 4.78 is 5.06. The van der Waals surface area contributed by atoms with Gasteiger partial charge in [0.25, 0.3) is 0 Å². The zero-order valence-corrected chi connectivity index (χ0v) is 8.01. The summed E-state index contributed by atoms with van der Waals surface area (Å²) in [6, 6.07) is 0. The average Bonchev–Trinajstić information content (AvgIpc) is 2.43. The number of hydrogen-bond acceptors (Lipinski definition) is 2. The van der Waals surface area contributed by atoms with Crippen molar-refractivity contribution in [2.45, 2.75) is 47.0 Å². The molecule has 0 spiro atoms. The Balaban J connectivity index is 2.67. The molecule has 1 saturated heterocycles. The van der Waals surface area contributed by atoms with E-state index in [4.69, 9.17) is 9.84 Å². The summed E-state index contributed by atoms with van der Waals surface area (Å²) in [7, 11) is 0. The van der Waals surface area contributed by atoms with Gasteiger partial charge in [-0.05, 0) is 5.41 Å². The van der Waals surface area contributed by atoms with Gasteiger partial charge >= 0.3 is 0 Å². The second-order valence-electron chi connectivity index (χ2n) is 4.92. The van der Waals surface area contributed by atoms with Gasteiger partial charge in [-0.25, -0.2) is 0 Å². The van der Waals surface area contributed by atoms with Crippen molar-refractivity contribution < 1.29 is 9.84 Å². The Morgan fingerprint density at radius 2 is 1.45 bits per heavy atom. The first-order valence-electron chi connectivity index (χ1n) is 4.10. The minimum Gasteiger partial charge on any atom is -0.366 e. The van der Waals surface area contributed by atoms with Crippen molar-refractivity contribution in [2.24, 2.45) is 10.8 Å². The Morgan fingerprint density at radius 3 is 1.55 bits per heavy atom. The molecule has 2 atom stereocenters. The molecular weight excluding hydrogens is 140 g/mol. The fourth-order valence-corrected chi connectivity index (χ4v) is 1.06. The van der Waals surface area contributed by atoms with Crippen LogP contribution in [0.2, 0.25) is 0 Å². The molecule has 1 aliphatic rings. The van der Waals surface area contributed by atoms with E-state index in [1.54, 1.807) is 0 Å². The Bertz CT molecular complexity index is 155. The molecule has 2 nitrogen and oxygen atoms in total. The van der Waals surface area contributed by atoms with Gasteiger partial charge in [0.15, 0.2) is 6.29 Å². The predicted octanol–water partition coefficient (Wildman–Crippen LogP) is 1.78. The molecular formula is C9H18O2. The molecule has 1 N–H and O–H groups in total. The minimum atomic E-state index is -0.524. The summed E-state index contributed by atoms with van der Waals surface area (Å²) in [4.78, 5) is 0. The lowest BCUT2D eigenvalue weighted by Gasteiger charge is -2.37. The maximum atomic E-state index is 9.10. The normalized spacial score (nSPS) is 32.2. The molecule has 0 amide bonds. The molecule has 2 heteroatoms. The topological polar surface area (TPSA) is 32.8 Å². The molecule has 0 saturated carbocycles. The number of epoxide rings is 1. The Hall–Kier alpha value is -0.0800. The van der Waals surface area contributed by atoms with E-state index in [9.17, 15) is 0 Å². The zero-order valence-electron chi connectivity index (χ0n) is 8.01. The van der Waals surface area contributed by atoms with Crippen molar-refractivity contribution >= 4 is 0 Å². The van der Waals surface area contributed by atoms with Gasteiger partial charge in [0.1, 0.15) is 6.10 Å². The van der Waals surface area contributed by atoms with Gasteiger partial charge in [-0.1, -0.05) is 34.6 Å². The van der Waals surface area contributed by atoms with Crippen LogP contribution in [0.4, 0.5) is 0 Å². The highest BCUT2D eigenvalue weighted by molar-refractivity contribution is 4.97. The van der Waals surface area contributed by atoms with E-state index in [-0.39, 0.29) is 16.9 Å². The van der Waals surface area contributed by atoms with E-state index in [2.05, 4.69) is 34.6 Å². The lowest BCUT2D eigenvalue weighted by molar-refractivity contribution is 0.0894. The van der Waals surface area contributed by atoms with Crippen LogP contribution in [0.1, 0.15) is 34.6 Å². The zero-order chi connectivity index (χ0) is 8.86. The molecule has 1 heterocycles. The van der Waals surface area contributed by atoms with Gasteiger partial charge in [0.2, 0.25) is 0 Å². The third-order valence-electron chi connectivity index (χ3n) is 3.11. The van der Waals surface area contributed by atoms with Crippen LogP contribution in [-0.2, 0) is 4.74 Å². The van der Waals surface area contributed by atoms with Gasteiger partial charge in [-0.2, -0.15) is 0 Å². The molecule has 1 aliphatic heterocycles. The molecule has 66 valence electrons. The third-order valence-corrected chi connectivity index (χ3v) is 3.11. The first-order chi connectivity index (χ1) is 4.77. The van der Waals surface area contributed by atoms with Crippen LogP contribution in [0.5, 0.6) is 0 Å². The Labute approximate surface area is 68.6 Å². The van der Waals surface area contributed by atoms with Crippen molar-refractivity contribution in [3.05, 3.63) is 0 Å². The standard InChI is InChI=1S/C9H18O2/c1-8(2,3)9(4,5)6-7(10)11-6/h6-7,10H,1-5H3. The number of ether oxygens (including phenoxy) is 1. The highest BCUT2D eigenvalue weighted by Gasteiger charge is 2.53. The highest BCUT2D eigenvalue weighted by Crippen LogP contribution is 2.48. The molecule has 1 rings (SSSR count). The summed E-state index contributed by atoms with van der Waals surface area (Å²) in [5, 5.41) is 9.10. The molecule has 0 aromatic heterocycles. The quantitative estimate of drug-likeness (QED) is 0.590. The number of aliphatic hydroxyl groups excluding tert-OH is 1. The maximum absolute atomic E-state index is 9.10. The van der Waals surface area contributed by atoms with E-state index >= 15 is 0 Å². The van der Waals surface area contributed by atoms with Crippen LogP contribution >= 0.6 is 0 Å². The Kier molecular flexibility index (Phi) is 1.81. The van der Waals surface area contributed by atoms with E-state index < -0.39 is 6.29 Å². The second-order valence-corrected chi connectivity index (χ2v) is 4.92. The second kappa shape index (κ2) is 2.20. The molecule has 0 aliphatic carbocycles. The van der Waals surface area contributed by atoms with Gasteiger partial charge in [0.05, 0.1) is 0 Å². The van der Waals surface area contributed by atoms with Crippen molar-refractivity contribution in [2.75, 3.05) is 0 Å². The van der Waals surface area contributed by atoms with E-state index in [0.717, 1.165) is 0 Å². The maximum Gasteiger partial charge on any atom is 0.182 e. The molecule has 11 heavy (non-hydrogen) atoms. The van der Waals surface area contributed by atoms with Crippen molar-refractivity contribution in [1.82, 2.24) is 0 Å². The van der Waals surface area contributed by atoms with E-state index in [0.29, 0.717) is 0 Å². The van der Waals surface area contributed by atoms with Gasteiger partial charge < -0.3 is 9.84 Å². The predicted molar refractivity (Wildman–Crippen MR) is 44.1 cm³/mol. The van der Waals surface area contributed by atoms with Crippen LogP contribution in [0.15, 0.2) is 0 Å². The van der Waals surface area contributed by atoms with Gasteiger partial charge in [0, 0.05) is 5.41 Å². The number of rotatable bonds is 1. The van der Waals surface area contributed by atoms with Crippen LogP contribution < -0.4 is 0 Å². The van der Waals surface area contributed by atoms with Gasteiger partial charge in [-0.3, -0.25) is 0 Å². The smallest absolute Gasteiger partial charge is 0.182 e. The number of hydrogen-bond donors (Lipinski definition) is 1. The largest absolute Gasteiger partial charge is 0.366 e. The molecule has 1 fully saturated rings. The molecule has 0 radical (unpaired) electrons. The summed E-state index contributed by atoms with van der Waals surface area (Å²) in [6.45, 7) is 10.8. The van der Waals surface area contributed by atoms with E-state index in [1.807, 2.05) is 0 Å². The summed E-state index contributed by atoms with van der Waals surface area (Å²) in [6.07, 6.45) is -0.494. The van der Waals surface area contributed by atoms with Crippen molar-refractivity contribution in [3.63, 3.8) is 0 Å². The lowest BCUT2D eigenvalue weighted by Crippen LogP contribution is -2.35. The summed E-state index contributed by atoms with van der Waals surface area (Å²) in [5.74, 6) is 0. The minimum absolute atomic E-state index is 0.0301. The van der Waals surface area contributed by atoms with Crippen molar-refractivity contribution in [3.8, 4) is 0 Å². The molecule has 0 aromatic rings. The number of aliphatic hydroxyl groups is 1. The van der Waals surface area contributed by atoms with E-state index in [1.165, 1.54) is 0 Å². The third kappa shape index (κ3) is 1.42. The molecule has 0 aromatic carbocycles. The van der Waals surface area contributed by atoms with Crippen LogP contribution in [0.25, 0.3) is 0 Å². The summed E-state index contributed by atoms with van der Waals surface area (Å²) in [5.41, 5.74) is 0.224. The molecule has 2 unspecified atom stereocenters. The highest BCUT2D eigenvalue weighted by atomic mass is 16.7. The Morgan fingerprint density at radius 1 is 1.09 bits per heavy atom. The first-order valence-corrected chi connectivity index (χ1v) is 4.10. The lowest BCUT2D eigenvalue weighted by atomic mass is 9.67. The molecule has 0 bridgehead atoms.